The van der Waals surface area contributed by atoms with Crippen molar-refractivity contribution >= 4 is 6.34 Å². The molecule has 0 aromatic rings. The highest BCUT2D eigenvalue weighted by molar-refractivity contribution is 5.58. The van der Waals surface area contributed by atoms with Crippen molar-refractivity contribution in [3.8, 4) is 0 Å². The Morgan fingerprint density at radius 3 is 2.43 bits per heavy atom. The molecule has 1 atom stereocenters. The topological polar surface area (TPSA) is 18.8 Å². The van der Waals surface area contributed by atoms with E-state index in [1.165, 1.54) is 12.8 Å². The predicted octanol–water partition coefficient (Wildman–Crippen LogP) is 2.49. The van der Waals surface area contributed by atoms with E-state index in [4.69, 9.17) is 0 Å². The number of hydrazone groups is 1. The summed E-state index contributed by atoms with van der Waals surface area (Å²) in [4.78, 5) is 2.31. The number of unbranched alkanes of at least 4 members (excludes halogenated alkanes) is 1. The highest BCUT2D eigenvalue weighted by Gasteiger charge is 2.30. The fourth-order valence-corrected chi connectivity index (χ4v) is 1.76. The maximum absolute atomic E-state index is 4.44. The minimum atomic E-state index is 0.171. The number of hydrogen-bond acceptors (Lipinski definition) is 3. The fraction of sp³-hybridized carbons (Fsp3) is 0.909. The fourth-order valence-electron chi connectivity index (χ4n) is 1.76. The average molecular weight is 197 g/mol. The zero-order valence-corrected chi connectivity index (χ0v) is 10.1. The molecule has 1 heterocycles. The maximum Gasteiger partial charge on any atom is 0.116 e. The van der Waals surface area contributed by atoms with Crippen molar-refractivity contribution in [3.05, 3.63) is 0 Å². The smallest absolute Gasteiger partial charge is 0.116 e. The number of rotatable bonds is 3. The minimum absolute atomic E-state index is 0.171. The number of nitrogens with zero attached hydrogens (tertiary/aromatic N) is 3. The van der Waals surface area contributed by atoms with Gasteiger partial charge in [-0.3, -0.25) is 5.01 Å². The van der Waals surface area contributed by atoms with E-state index in [1.54, 1.807) is 0 Å². The van der Waals surface area contributed by atoms with E-state index in [0.717, 1.165) is 6.54 Å². The van der Waals surface area contributed by atoms with Gasteiger partial charge >= 0.3 is 0 Å². The van der Waals surface area contributed by atoms with E-state index in [0.29, 0.717) is 6.17 Å². The summed E-state index contributed by atoms with van der Waals surface area (Å²) in [6, 6.07) is 0. The van der Waals surface area contributed by atoms with Gasteiger partial charge in [0.05, 0.1) is 0 Å². The van der Waals surface area contributed by atoms with Crippen LogP contribution in [-0.2, 0) is 0 Å². The minimum Gasteiger partial charge on any atom is -0.335 e. The van der Waals surface area contributed by atoms with Crippen molar-refractivity contribution < 1.29 is 0 Å². The zero-order chi connectivity index (χ0) is 10.8. The Bertz CT molecular complexity index is 205. The molecular weight excluding hydrogens is 174 g/mol. The number of hydrogen-bond donors (Lipinski definition) is 0. The summed E-state index contributed by atoms with van der Waals surface area (Å²) in [5, 5.41) is 6.61. The van der Waals surface area contributed by atoms with Crippen LogP contribution in [0, 0.1) is 0 Å². The molecule has 0 saturated heterocycles. The first-order valence-corrected chi connectivity index (χ1v) is 5.56. The molecule has 0 spiro atoms. The molecule has 14 heavy (non-hydrogen) atoms. The van der Waals surface area contributed by atoms with Gasteiger partial charge in [0.1, 0.15) is 12.5 Å². The molecule has 0 fully saturated rings. The van der Waals surface area contributed by atoms with Crippen LogP contribution in [0.4, 0.5) is 0 Å². The molecule has 0 bridgehead atoms. The quantitative estimate of drug-likeness (QED) is 0.692. The molecule has 82 valence electrons. The first-order chi connectivity index (χ1) is 6.46. The van der Waals surface area contributed by atoms with Crippen molar-refractivity contribution in [3.63, 3.8) is 0 Å². The summed E-state index contributed by atoms with van der Waals surface area (Å²) in [5.41, 5.74) is 0.171. The molecular formula is C11H23N3. The molecule has 1 aliphatic rings. The monoisotopic (exact) mass is 197 g/mol. The molecule has 1 aliphatic heterocycles. The second kappa shape index (κ2) is 4.20. The summed E-state index contributed by atoms with van der Waals surface area (Å²) in [6.07, 6.45) is 4.83. The van der Waals surface area contributed by atoms with Gasteiger partial charge in [0.25, 0.3) is 0 Å². The third kappa shape index (κ3) is 2.40. The van der Waals surface area contributed by atoms with Crippen molar-refractivity contribution in [1.82, 2.24) is 9.91 Å². The van der Waals surface area contributed by atoms with Gasteiger partial charge in [-0.15, -0.1) is 0 Å². The third-order valence-corrected chi connectivity index (χ3v) is 2.67. The molecule has 1 unspecified atom stereocenters. The summed E-state index contributed by atoms with van der Waals surface area (Å²) in [6.45, 7) is 12.2. The molecule has 0 saturated carbocycles. The Balaban J connectivity index is 2.52. The highest BCUT2D eigenvalue weighted by Crippen LogP contribution is 2.22. The van der Waals surface area contributed by atoms with Gasteiger partial charge in [-0.05, 0) is 34.1 Å². The van der Waals surface area contributed by atoms with Gasteiger partial charge in [-0.1, -0.05) is 13.3 Å². The Labute approximate surface area is 87.8 Å². The zero-order valence-electron chi connectivity index (χ0n) is 10.1. The normalized spacial score (nSPS) is 22.2. The van der Waals surface area contributed by atoms with Gasteiger partial charge in [-0.25, -0.2) is 0 Å². The molecule has 0 N–H and O–H groups in total. The SMILES string of the molecule is CCCCN1N=CN(C(C)(C)C)C1C. The van der Waals surface area contributed by atoms with E-state index < -0.39 is 0 Å². The second-order valence-corrected chi connectivity index (χ2v) is 4.96. The van der Waals surface area contributed by atoms with Crippen LogP contribution < -0.4 is 0 Å². The molecule has 0 aromatic carbocycles. The lowest BCUT2D eigenvalue weighted by Crippen LogP contribution is -2.47. The van der Waals surface area contributed by atoms with Crippen LogP contribution in [0.15, 0.2) is 5.10 Å². The van der Waals surface area contributed by atoms with E-state index in [-0.39, 0.29) is 5.54 Å². The first-order valence-electron chi connectivity index (χ1n) is 5.56. The molecule has 0 amide bonds. The van der Waals surface area contributed by atoms with E-state index in [2.05, 4.69) is 49.6 Å². The van der Waals surface area contributed by atoms with E-state index in [9.17, 15) is 0 Å². The van der Waals surface area contributed by atoms with E-state index in [1.807, 2.05) is 6.34 Å². The Morgan fingerprint density at radius 1 is 1.36 bits per heavy atom. The third-order valence-electron chi connectivity index (χ3n) is 2.67. The summed E-state index contributed by atoms with van der Waals surface area (Å²) >= 11 is 0. The highest BCUT2D eigenvalue weighted by atomic mass is 15.6. The van der Waals surface area contributed by atoms with Gasteiger partial charge in [-0.2, -0.15) is 5.10 Å². The average Bonchev–Trinajstić information content (AvgIpc) is 2.42. The van der Waals surface area contributed by atoms with Gasteiger partial charge in [0, 0.05) is 12.1 Å². The van der Waals surface area contributed by atoms with Crippen LogP contribution in [-0.4, -0.2) is 34.5 Å². The predicted molar refractivity (Wildman–Crippen MR) is 61.2 cm³/mol. The van der Waals surface area contributed by atoms with Crippen LogP contribution in [0.25, 0.3) is 0 Å². The van der Waals surface area contributed by atoms with Crippen molar-refractivity contribution in [2.24, 2.45) is 5.10 Å². The Morgan fingerprint density at radius 2 is 2.00 bits per heavy atom. The van der Waals surface area contributed by atoms with Gasteiger partial charge < -0.3 is 4.90 Å². The molecule has 0 radical (unpaired) electrons. The second-order valence-electron chi connectivity index (χ2n) is 4.96. The molecule has 0 aromatic heterocycles. The summed E-state index contributed by atoms with van der Waals surface area (Å²) in [7, 11) is 0. The lowest BCUT2D eigenvalue weighted by molar-refractivity contribution is 0.0884. The van der Waals surface area contributed by atoms with E-state index >= 15 is 0 Å². The lowest BCUT2D eigenvalue weighted by Gasteiger charge is -2.37. The van der Waals surface area contributed by atoms with Crippen LogP contribution in [0.1, 0.15) is 47.5 Å². The molecule has 3 nitrogen and oxygen atoms in total. The van der Waals surface area contributed by atoms with Crippen LogP contribution in [0.2, 0.25) is 0 Å². The Kier molecular flexibility index (Phi) is 3.40. The standard InChI is InChI=1S/C11H23N3/c1-6-7-8-14-10(2)13(9-12-14)11(3,4)5/h9-10H,6-8H2,1-5H3. The molecule has 1 rings (SSSR count). The lowest BCUT2D eigenvalue weighted by atomic mass is 10.1. The van der Waals surface area contributed by atoms with Crippen LogP contribution in [0.3, 0.4) is 0 Å². The summed E-state index contributed by atoms with van der Waals surface area (Å²) in [5.74, 6) is 0. The Hall–Kier alpha value is -0.730. The van der Waals surface area contributed by atoms with Crippen molar-refractivity contribution in [2.45, 2.75) is 59.2 Å². The van der Waals surface area contributed by atoms with Crippen LogP contribution >= 0.6 is 0 Å². The largest absolute Gasteiger partial charge is 0.335 e. The first kappa shape index (κ1) is 11.3. The maximum atomic E-state index is 4.44. The molecule has 0 aliphatic carbocycles. The van der Waals surface area contributed by atoms with Crippen molar-refractivity contribution in [1.29, 1.82) is 0 Å². The van der Waals surface area contributed by atoms with Gasteiger partial charge in [0.15, 0.2) is 0 Å². The van der Waals surface area contributed by atoms with Gasteiger partial charge in [0.2, 0.25) is 0 Å². The molecule has 3 heteroatoms. The van der Waals surface area contributed by atoms with Crippen LogP contribution in [0.5, 0.6) is 0 Å². The summed E-state index contributed by atoms with van der Waals surface area (Å²) < 4.78 is 0. The van der Waals surface area contributed by atoms with Crippen molar-refractivity contribution in [2.75, 3.05) is 6.54 Å².